The van der Waals surface area contributed by atoms with E-state index in [1.165, 1.54) is 6.07 Å². The van der Waals surface area contributed by atoms with E-state index in [0.29, 0.717) is 24.4 Å². The summed E-state index contributed by atoms with van der Waals surface area (Å²) in [6, 6.07) is 18.6. The highest BCUT2D eigenvalue weighted by atomic mass is 19.1. The second kappa shape index (κ2) is 13.5. The fourth-order valence-corrected chi connectivity index (χ4v) is 5.07. The van der Waals surface area contributed by atoms with Crippen molar-refractivity contribution in [1.82, 2.24) is 10.3 Å². The number of carbonyl (C=O) groups excluding carboxylic acids is 2. The molecule has 3 aromatic rings. The maximum atomic E-state index is 14.5. The van der Waals surface area contributed by atoms with Crippen molar-refractivity contribution in [3.63, 3.8) is 0 Å². The lowest BCUT2D eigenvalue weighted by Crippen LogP contribution is -2.50. The number of halogens is 1. The SMILES string of the molecule is CC[C@H](C)[C@@H](CN(C(=O)[C@H]1C[C@H]1c1ncccc1F)c1ccc(-c2ccc(COC)cc2)cc1)NC(=O)OC(C)(C)C. The number of methoxy groups -OCH3 is 1. The van der Waals surface area contributed by atoms with Gasteiger partial charge in [-0.25, -0.2) is 9.18 Å². The van der Waals surface area contributed by atoms with Gasteiger partial charge in [0.2, 0.25) is 5.91 Å². The van der Waals surface area contributed by atoms with Crippen LogP contribution in [0.15, 0.2) is 66.9 Å². The number of pyridine rings is 1. The van der Waals surface area contributed by atoms with Gasteiger partial charge in [0, 0.05) is 37.4 Å². The van der Waals surface area contributed by atoms with Crippen LogP contribution in [0.3, 0.4) is 0 Å². The number of hydrogen-bond donors (Lipinski definition) is 1. The van der Waals surface area contributed by atoms with E-state index in [9.17, 15) is 14.0 Å². The molecule has 1 saturated carbocycles. The van der Waals surface area contributed by atoms with Gasteiger partial charge in [-0.05, 0) is 74.1 Å². The number of benzene rings is 2. The number of rotatable bonds is 11. The molecule has 0 radical (unpaired) electrons. The fourth-order valence-electron chi connectivity index (χ4n) is 5.07. The summed E-state index contributed by atoms with van der Waals surface area (Å²) in [5.74, 6) is -1.09. The molecule has 0 aliphatic heterocycles. The Hall–Kier alpha value is -3.78. The first-order valence-electron chi connectivity index (χ1n) is 14.6. The molecule has 0 bridgehead atoms. The van der Waals surface area contributed by atoms with Crippen LogP contribution in [0.1, 0.15) is 64.6 Å². The molecule has 1 aliphatic rings. The Morgan fingerprint density at radius 2 is 1.71 bits per heavy atom. The first-order valence-corrected chi connectivity index (χ1v) is 14.6. The van der Waals surface area contributed by atoms with Gasteiger partial charge in [-0.2, -0.15) is 0 Å². The van der Waals surface area contributed by atoms with E-state index in [4.69, 9.17) is 9.47 Å². The lowest BCUT2D eigenvalue weighted by Gasteiger charge is -2.32. The first kappa shape index (κ1) is 31.2. The number of anilines is 1. The molecule has 0 unspecified atom stereocenters. The molecule has 4 rings (SSSR count). The van der Waals surface area contributed by atoms with Crippen LogP contribution in [0.25, 0.3) is 11.1 Å². The number of ether oxygens (including phenoxy) is 2. The topological polar surface area (TPSA) is 80.8 Å². The fraction of sp³-hybridized carbons (Fsp3) is 0.441. The summed E-state index contributed by atoms with van der Waals surface area (Å²) in [6.45, 7) is 10.4. The van der Waals surface area contributed by atoms with Crippen molar-refractivity contribution in [3.8, 4) is 11.1 Å². The Morgan fingerprint density at radius 3 is 2.29 bits per heavy atom. The third-order valence-corrected chi connectivity index (χ3v) is 7.70. The lowest BCUT2D eigenvalue weighted by atomic mass is 9.97. The van der Waals surface area contributed by atoms with Gasteiger partial charge in [-0.15, -0.1) is 0 Å². The van der Waals surface area contributed by atoms with E-state index < -0.39 is 17.5 Å². The van der Waals surface area contributed by atoms with Gasteiger partial charge in [-0.1, -0.05) is 56.7 Å². The quantitative estimate of drug-likeness (QED) is 0.264. The van der Waals surface area contributed by atoms with Crippen LogP contribution >= 0.6 is 0 Å². The Bertz CT molecular complexity index is 1350. The summed E-state index contributed by atoms with van der Waals surface area (Å²) in [7, 11) is 1.67. The molecular weight excluding hydrogens is 533 g/mol. The van der Waals surface area contributed by atoms with Crippen LogP contribution in [0, 0.1) is 17.7 Å². The van der Waals surface area contributed by atoms with Gasteiger partial charge in [0.15, 0.2) is 0 Å². The highest BCUT2D eigenvalue weighted by Gasteiger charge is 2.48. The molecular formula is C34H42FN3O4. The van der Waals surface area contributed by atoms with E-state index in [1.54, 1.807) is 24.3 Å². The zero-order valence-corrected chi connectivity index (χ0v) is 25.4. The number of aromatic nitrogens is 1. The van der Waals surface area contributed by atoms with Gasteiger partial charge in [-0.3, -0.25) is 9.78 Å². The predicted octanol–water partition coefficient (Wildman–Crippen LogP) is 7.11. The first-order chi connectivity index (χ1) is 20.0. The van der Waals surface area contributed by atoms with Crippen LogP contribution in [0.5, 0.6) is 0 Å². The van der Waals surface area contributed by atoms with Crippen LogP contribution in [-0.2, 0) is 20.9 Å². The van der Waals surface area contributed by atoms with Crippen molar-refractivity contribution in [2.75, 3.05) is 18.6 Å². The Labute approximate surface area is 248 Å². The van der Waals surface area contributed by atoms with Crippen molar-refractivity contribution < 1.29 is 23.5 Å². The highest BCUT2D eigenvalue weighted by molar-refractivity contribution is 5.98. The van der Waals surface area contributed by atoms with E-state index in [1.807, 2.05) is 83.1 Å². The minimum absolute atomic E-state index is 0.0703. The second-order valence-corrected chi connectivity index (χ2v) is 12.1. The third-order valence-electron chi connectivity index (χ3n) is 7.70. The summed E-state index contributed by atoms with van der Waals surface area (Å²) in [5, 5.41) is 3.01. The van der Waals surface area contributed by atoms with Crippen molar-refractivity contribution in [1.29, 1.82) is 0 Å². The average Bonchev–Trinajstić information content (AvgIpc) is 3.75. The van der Waals surface area contributed by atoms with E-state index in [0.717, 1.165) is 23.1 Å². The molecule has 1 heterocycles. The Balaban J connectivity index is 1.61. The minimum Gasteiger partial charge on any atom is -0.444 e. The molecule has 4 atom stereocenters. The molecule has 2 amide bonds. The standard InChI is InChI=1S/C34H42FN3O4/c1-7-22(2)30(37-33(40)42-34(3,4)5)20-38(32(39)28-19-27(28)31-29(35)9-8-18-36-31)26-16-14-25(15-17-26)24-12-10-23(11-13-24)21-41-6/h8-18,22,27-28,30H,7,19-21H2,1-6H3,(H,37,40)/t22-,27+,28-,30+/m0/s1. The van der Waals surface area contributed by atoms with Crippen LogP contribution < -0.4 is 10.2 Å². The van der Waals surface area contributed by atoms with Crippen LogP contribution in [-0.4, -0.2) is 42.3 Å². The van der Waals surface area contributed by atoms with E-state index >= 15 is 0 Å². The Kier molecular flexibility index (Phi) is 9.99. The molecule has 2 aromatic carbocycles. The maximum absolute atomic E-state index is 14.5. The number of nitrogens with zero attached hydrogens (tertiary/aromatic N) is 2. The normalized spacial score (nSPS) is 17.7. The summed E-state index contributed by atoms with van der Waals surface area (Å²) in [4.78, 5) is 32.7. The van der Waals surface area contributed by atoms with Gasteiger partial charge in [0.05, 0.1) is 18.3 Å². The summed E-state index contributed by atoms with van der Waals surface area (Å²) in [5.41, 5.74) is 3.55. The predicted molar refractivity (Wildman–Crippen MR) is 163 cm³/mol. The monoisotopic (exact) mass is 575 g/mol. The lowest BCUT2D eigenvalue weighted by molar-refractivity contribution is -0.120. The molecule has 1 aromatic heterocycles. The van der Waals surface area contributed by atoms with Crippen LogP contribution in [0.2, 0.25) is 0 Å². The zero-order chi connectivity index (χ0) is 30.4. The largest absolute Gasteiger partial charge is 0.444 e. The maximum Gasteiger partial charge on any atom is 0.407 e. The van der Waals surface area contributed by atoms with Crippen molar-refractivity contribution in [2.24, 2.45) is 11.8 Å². The van der Waals surface area contributed by atoms with E-state index in [-0.39, 0.29) is 36.2 Å². The average molecular weight is 576 g/mol. The molecule has 8 heteroatoms. The molecule has 1 N–H and O–H groups in total. The highest BCUT2D eigenvalue weighted by Crippen LogP contribution is 2.49. The van der Waals surface area contributed by atoms with Gasteiger partial charge < -0.3 is 19.7 Å². The van der Waals surface area contributed by atoms with Gasteiger partial charge in [0.25, 0.3) is 0 Å². The smallest absolute Gasteiger partial charge is 0.407 e. The molecule has 0 saturated heterocycles. The molecule has 1 aliphatic carbocycles. The molecule has 224 valence electrons. The zero-order valence-electron chi connectivity index (χ0n) is 25.4. The molecule has 42 heavy (non-hydrogen) atoms. The second-order valence-electron chi connectivity index (χ2n) is 12.1. The number of hydrogen-bond acceptors (Lipinski definition) is 5. The van der Waals surface area contributed by atoms with Crippen molar-refractivity contribution in [2.45, 2.75) is 71.6 Å². The van der Waals surface area contributed by atoms with E-state index in [2.05, 4.69) is 10.3 Å². The summed E-state index contributed by atoms with van der Waals surface area (Å²) >= 11 is 0. The van der Waals surface area contributed by atoms with Gasteiger partial charge in [0.1, 0.15) is 11.4 Å². The third kappa shape index (κ3) is 7.94. The number of alkyl carbamates (subject to hydrolysis) is 1. The number of amides is 2. The molecule has 0 spiro atoms. The van der Waals surface area contributed by atoms with Crippen LogP contribution in [0.4, 0.5) is 14.9 Å². The molecule has 1 fully saturated rings. The number of nitrogens with one attached hydrogen (secondary N) is 1. The molecule has 7 nitrogen and oxygen atoms in total. The van der Waals surface area contributed by atoms with Crippen molar-refractivity contribution >= 4 is 17.7 Å². The number of carbonyl (C=O) groups is 2. The van der Waals surface area contributed by atoms with Crippen molar-refractivity contribution in [3.05, 3.63) is 83.9 Å². The Morgan fingerprint density at radius 1 is 1.07 bits per heavy atom. The summed E-state index contributed by atoms with van der Waals surface area (Å²) < 4.78 is 25.2. The summed E-state index contributed by atoms with van der Waals surface area (Å²) in [6.07, 6.45) is 2.36. The minimum atomic E-state index is -0.648. The van der Waals surface area contributed by atoms with Gasteiger partial charge >= 0.3 is 6.09 Å².